The normalized spacial score (nSPS) is 10.5. The van der Waals surface area contributed by atoms with Crippen molar-refractivity contribution < 1.29 is 38.1 Å². The number of hydrogen-bond donors (Lipinski definition) is 6. The minimum Gasteiger partial charge on any atom is -0.432 e. The van der Waals surface area contributed by atoms with Gasteiger partial charge in [-0.25, -0.2) is 0 Å². The number of hydrogen-bond acceptors (Lipinski definition) is 12. The Morgan fingerprint density at radius 3 is 1.08 bits per heavy atom. The number of carbonyl (C=O) groups is 4. The fourth-order valence-electron chi connectivity index (χ4n) is 11.0. The molecule has 0 saturated heterocycles. The minimum atomic E-state index is -0.176. The van der Waals surface area contributed by atoms with E-state index in [1.54, 1.807) is 97.1 Å². The van der Waals surface area contributed by atoms with Gasteiger partial charge >= 0.3 is 0 Å². The van der Waals surface area contributed by atoms with Crippen molar-refractivity contribution in [2.45, 2.75) is 55.4 Å². The molecule has 2 aromatic heterocycles. The molecular weight excluding hydrogens is 1410 g/mol. The number of carbonyl (C=O) groups excluding carboxylic acids is 4. The van der Waals surface area contributed by atoms with E-state index in [1.807, 2.05) is 221 Å². The first-order chi connectivity index (χ1) is 51.4. The molecule has 0 unspecified atom stereocenters. The van der Waals surface area contributed by atoms with Crippen LogP contribution in [0.3, 0.4) is 0 Å². The zero-order valence-electron chi connectivity index (χ0n) is 60.4. The Hall–Kier alpha value is -11.6. The second kappa shape index (κ2) is 39.4. The first-order valence-corrected chi connectivity index (χ1v) is 36.7. The van der Waals surface area contributed by atoms with E-state index >= 15 is 0 Å². The van der Waals surface area contributed by atoms with Gasteiger partial charge in [0.1, 0.15) is 23.0 Å². The summed E-state index contributed by atoms with van der Waals surface area (Å²) in [6.45, 7) is 22.6. The Bertz CT molecular complexity index is 4970. The zero-order chi connectivity index (χ0) is 75.5. The Labute approximate surface area is 640 Å². The second-order valence-electron chi connectivity index (χ2n) is 23.7. The van der Waals surface area contributed by atoms with Crippen LogP contribution >= 0.6 is 48.9 Å². The van der Waals surface area contributed by atoms with E-state index in [9.17, 15) is 19.2 Å². The van der Waals surface area contributed by atoms with Crippen LogP contribution in [0.1, 0.15) is 96.8 Å². The number of aromatic nitrogens is 2. The molecule has 544 valence electrons. The number of aromatic amines is 2. The maximum atomic E-state index is 12.6. The monoisotopic (exact) mass is 1490 g/mol. The van der Waals surface area contributed by atoms with Crippen LogP contribution in [0, 0.1) is 0 Å². The summed E-state index contributed by atoms with van der Waals surface area (Å²) in [6.07, 6.45) is 3.73. The summed E-state index contributed by atoms with van der Waals surface area (Å²) in [7, 11) is 0. The molecule has 0 aliphatic carbocycles. The highest BCUT2D eigenvalue weighted by molar-refractivity contribution is 7.80. The molecule has 0 spiro atoms. The number of H-pyrrole nitrogens is 2. The quantitative estimate of drug-likeness (QED) is 0.0394. The van der Waals surface area contributed by atoms with Crippen LogP contribution < -0.4 is 40.2 Å². The number of para-hydroxylation sites is 1. The molecule has 0 aliphatic rings. The lowest BCUT2D eigenvalue weighted by Crippen LogP contribution is -2.32. The van der Waals surface area contributed by atoms with Gasteiger partial charge < -0.3 is 69.8 Å². The largest absolute Gasteiger partial charge is 0.432 e. The van der Waals surface area contributed by atoms with Gasteiger partial charge in [-0.3, -0.25) is 19.2 Å². The lowest BCUT2D eigenvalue weighted by Gasteiger charge is -2.21. The number of amides is 4. The average Bonchev–Trinajstić information content (AvgIpc) is 1.13. The lowest BCUT2D eigenvalue weighted by atomic mass is 10.1. The van der Waals surface area contributed by atoms with Crippen molar-refractivity contribution in [3.63, 3.8) is 0 Å². The summed E-state index contributed by atoms with van der Waals surface area (Å²) in [6, 6.07) is 71.1. The summed E-state index contributed by atoms with van der Waals surface area (Å²) in [5, 5.41) is 20.0. The van der Waals surface area contributed by atoms with Crippen molar-refractivity contribution in [1.82, 2.24) is 29.6 Å². The number of nitrogens with zero attached hydrogens (tertiary/aromatic N) is 4. The van der Waals surface area contributed by atoms with Gasteiger partial charge in [-0.05, 0) is 271 Å². The van der Waals surface area contributed by atoms with Gasteiger partial charge in [-0.15, -0.1) is 0 Å². The molecule has 4 amide bonds. The molecule has 0 aliphatic heterocycles. The van der Waals surface area contributed by atoms with E-state index in [2.05, 4.69) is 31.2 Å². The molecule has 12 rings (SSSR count). The highest BCUT2D eigenvalue weighted by atomic mass is 32.1. The number of nitrogens with one attached hydrogen (secondary N) is 6. The van der Waals surface area contributed by atoms with Crippen LogP contribution in [-0.2, 0) is 0 Å². The number of thiocarbonyl (C=S) groups is 4. The van der Waals surface area contributed by atoms with E-state index in [0.717, 1.165) is 118 Å². The average molecular weight is 1490 g/mol. The number of rotatable bonds is 20. The van der Waals surface area contributed by atoms with Crippen LogP contribution in [0.2, 0.25) is 0 Å². The molecule has 10 aromatic carbocycles. The molecule has 0 saturated carbocycles. The minimum absolute atomic E-state index is 0.163. The van der Waals surface area contributed by atoms with Crippen LogP contribution in [0.4, 0.5) is 22.7 Å². The van der Waals surface area contributed by atoms with E-state index in [4.69, 9.17) is 67.8 Å². The standard InChI is InChI=1S/2C22H22N2O2S.2C20H21N3O2S/c1-3-24(4-2)22(27)26-18-14-12-17(13-15-18)21(25)23-20-11-7-9-16-8-5-6-10-19(16)20;1-3-24(4-2)22(27)26-20-13-10-17(11-14-20)21(25)23-19-12-9-16-7-5-6-8-18(16)15-19;1-3-23(4-2)20(26)25-17-9-6-15(7-10-17)19(24)22-16-8-5-14-11-12-21-18(14)13-16;1-3-23(4-2)20(26)25-16-10-8-15(9-11-16)19(24)22-17-7-5-6-14-12-13-21-18(14)17/h2*5-15H,3-4H2,1-2H3,(H,23,25);2*5-13,21H,3-4H2,1-2H3,(H,22,24). The van der Waals surface area contributed by atoms with Crippen molar-refractivity contribution in [2.75, 3.05) is 73.6 Å². The van der Waals surface area contributed by atoms with E-state index in [-0.39, 0.29) is 23.6 Å². The molecule has 0 radical (unpaired) electrons. The van der Waals surface area contributed by atoms with Crippen LogP contribution in [-0.4, -0.2) is 126 Å². The van der Waals surface area contributed by atoms with Gasteiger partial charge in [0.05, 0.1) is 11.2 Å². The Morgan fingerprint density at radius 2 is 0.642 bits per heavy atom. The third-order valence-electron chi connectivity index (χ3n) is 17.1. The van der Waals surface area contributed by atoms with Gasteiger partial charge in [-0.1, -0.05) is 84.9 Å². The highest BCUT2D eigenvalue weighted by Crippen LogP contribution is 2.27. The summed E-state index contributed by atoms with van der Waals surface area (Å²) >= 11 is 21.1. The van der Waals surface area contributed by atoms with Gasteiger partial charge in [0, 0.05) is 120 Å². The second-order valence-corrected chi connectivity index (χ2v) is 25.1. The smallest absolute Gasteiger partial charge is 0.264 e. The summed E-state index contributed by atoms with van der Waals surface area (Å²) < 4.78 is 22.7. The Morgan fingerprint density at radius 1 is 0.311 bits per heavy atom. The molecule has 2 heterocycles. The molecule has 106 heavy (non-hydrogen) atoms. The molecule has 22 heteroatoms. The number of benzene rings is 10. The SMILES string of the molecule is CCN(CC)C(=S)Oc1ccc(C(=O)Nc2ccc3cc[nH]c3c2)cc1.CCN(CC)C(=S)Oc1ccc(C(=O)Nc2ccc3ccccc3c2)cc1.CCN(CC)C(=S)Oc1ccc(C(=O)Nc2cccc3cc[nH]c23)cc1.CCN(CC)C(=S)Oc1ccc(C(=O)Nc2cccc3ccccc23)cc1. The maximum Gasteiger partial charge on any atom is 0.264 e. The van der Waals surface area contributed by atoms with Crippen LogP contribution in [0.15, 0.2) is 243 Å². The van der Waals surface area contributed by atoms with E-state index < -0.39 is 0 Å². The Balaban J connectivity index is 0.000000163. The highest BCUT2D eigenvalue weighted by Gasteiger charge is 2.17. The first kappa shape index (κ1) is 78.6. The summed E-state index contributed by atoms with van der Waals surface area (Å²) in [5.41, 5.74) is 7.17. The number of fused-ring (bicyclic) bond motifs is 4. The fourth-order valence-corrected chi connectivity index (χ4v) is 12.4. The molecule has 0 bridgehead atoms. The fraction of sp³-hybridized carbons (Fsp3) is 0.190. The van der Waals surface area contributed by atoms with Crippen molar-refractivity contribution in [3.05, 3.63) is 265 Å². The summed E-state index contributed by atoms with van der Waals surface area (Å²) in [4.78, 5) is 64.1. The first-order valence-electron chi connectivity index (χ1n) is 35.1. The third-order valence-corrected chi connectivity index (χ3v) is 18.4. The van der Waals surface area contributed by atoms with Gasteiger partial charge in [0.25, 0.3) is 44.3 Å². The van der Waals surface area contributed by atoms with Crippen molar-refractivity contribution in [1.29, 1.82) is 0 Å². The van der Waals surface area contributed by atoms with Crippen molar-refractivity contribution >= 4 is 159 Å². The van der Waals surface area contributed by atoms with Crippen molar-refractivity contribution in [2.24, 2.45) is 0 Å². The van der Waals surface area contributed by atoms with E-state index in [1.165, 1.54) is 0 Å². The lowest BCUT2D eigenvalue weighted by molar-refractivity contribution is 0.101. The molecule has 0 atom stereocenters. The molecule has 12 aromatic rings. The number of ether oxygens (including phenoxy) is 4. The van der Waals surface area contributed by atoms with Gasteiger partial charge in [0.15, 0.2) is 0 Å². The van der Waals surface area contributed by atoms with Crippen molar-refractivity contribution in [3.8, 4) is 23.0 Å². The topological polar surface area (TPSA) is 198 Å². The van der Waals surface area contributed by atoms with Crippen LogP contribution in [0.5, 0.6) is 23.0 Å². The Kier molecular flexibility index (Phi) is 29.2. The molecule has 18 nitrogen and oxygen atoms in total. The number of anilines is 4. The predicted octanol–water partition coefficient (Wildman–Crippen LogP) is 19.0. The molecule has 0 fully saturated rings. The van der Waals surface area contributed by atoms with Gasteiger partial charge in [-0.2, -0.15) is 0 Å². The predicted molar refractivity (Wildman–Crippen MR) is 447 cm³/mol. The van der Waals surface area contributed by atoms with Crippen LogP contribution in [0.25, 0.3) is 43.4 Å². The van der Waals surface area contributed by atoms with Gasteiger partial charge in [0.2, 0.25) is 0 Å². The molecule has 6 N–H and O–H groups in total. The zero-order valence-corrected chi connectivity index (χ0v) is 63.7. The molecular formula is C84H86N10O8S4. The summed E-state index contributed by atoms with van der Waals surface area (Å²) in [5.74, 6) is 1.80. The maximum absolute atomic E-state index is 12.6. The third kappa shape index (κ3) is 21.8. The van der Waals surface area contributed by atoms with E-state index in [0.29, 0.717) is 66.0 Å².